The molecule has 0 bridgehead atoms. The summed E-state index contributed by atoms with van der Waals surface area (Å²) in [6, 6.07) is 10.0. The molecule has 6 nitrogen and oxygen atoms in total. The number of piperidine rings is 1. The molecule has 1 aliphatic rings. The van der Waals surface area contributed by atoms with Crippen molar-refractivity contribution in [2.45, 2.75) is 69.3 Å². The van der Waals surface area contributed by atoms with Gasteiger partial charge in [0, 0.05) is 6.54 Å². The van der Waals surface area contributed by atoms with E-state index in [4.69, 9.17) is 9.47 Å². The number of likely N-dealkylation sites (tertiary alicyclic amines) is 1. The van der Waals surface area contributed by atoms with Crippen LogP contribution in [0.5, 0.6) is 0 Å². The maximum Gasteiger partial charge on any atom is 0.416 e. The van der Waals surface area contributed by atoms with E-state index in [1.807, 2.05) is 0 Å². The molecule has 1 aliphatic heterocycles. The first-order valence-electron chi connectivity index (χ1n) is 12.8. The smallest absolute Gasteiger partial charge is 0.416 e. The third-order valence-electron chi connectivity index (χ3n) is 7.41. The highest BCUT2D eigenvalue weighted by atomic mass is 19.4. The molecule has 0 amide bonds. The minimum atomic E-state index is -5.01. The molecule has 0 spiro atoms. The summed E-state index contributed by atoms with van der Waals surface area (Å²) in [6.07, 6.45) is -12.1. The summed E-state index contributed by atoms with van der Waals surface area (Å²) in [6.45, 7) is 3.76. The Balaban J connectivity index is 2.03. The molecule has 3 rings (SSSR count). The minimum Gasteiger partial charge on any atom is -0.465 e. The van der Waals surface area contributed by atoms with Crippen LogP contribution in [-0.4, -0.2) is 59.1 Å². The van der Waals surface area contributed by atoms with Crippen molar-refractivity contribution >= 4 is 5.97 Å². The van der Waals surface area contributed by atoms with E-state index >= 15 is 0 Å². The maximum atomic E-state index is 13.4. The molecule has 2 N–H and O–H groups in total. The maximum absolute atomic E-state index is 13.4. The van der Waals surface area contributed by atoms with Gasteiger partial charge in [-0.05, 0) is 62.9 Å². The van der Waals surface area contributed by atoms with Gasteiger partial charge in [-0.3, -0.25) is 9.69 Å². The molecule has 40 heavy (non-hydrogen) atoms. The molecule has 2 unspecified atom stereocenters. The Hall–Kier alpha value is -2.67. The zero-order chi connectivity index (χ0) is 29.9. The molecule has 1 fully saturated rings. The Morgan fingerprint density at radius 1 is 1.00 bits per heavy atom. The highest BCUT2D eigenvalue weighted by Gasteiger charge is 2.51. The average Bonchev–Trinajstić information content (AvgIpc) is 2.87. The molecule has 12 heteroatoms. The molecule has 4 atom stereocenters. The summed E-state index contributed by atoms with van der Waals surface area (Å²) in [5.74, 6) is -0.613. The van der Waals surface area contributed by atoms with E-state index in [9.17, 15) is 41.4 Å². The van der Waals surface area contributed by atoms with Gasteiger partial charge in [-0.15, -0.1) is 0 Å². The van der Waals surface area contributed by atoms with Crippen molar-refractivity contribution in [1.29, 1.82) is 0 Å². The number of aliphatic hydroxyl groups excluding tert-OH is 1. The minimum absolute atomic E-state index is 0.0563. The summed E-state index contributed by atoms with van der Waals surface area (Å²) in [5.41, 5.74) is -5.28. The normalized spacial score (nSPS) is 24.0. The molecule has 2 aromatic rings. The standard InChI is InChI=1S/C28H33F6NO5/c1-4-39-24(37)15-35-16-26(38,19(3)36)11-10-25(35,21-8-6-5-7-9-21)17-40-18(2)20-12-22(27(29,30)31)14-23(13-20)28(32,33)34/h5-9,12-14,18-19,36,38H,4,10-11,15-17H2,1-3H3/t18-,19?,25-,26?/m1/s1. The molecule has 0 saturated carbocycles. The Morgan fingerprint density at radius 2 is 1.57 bits per heavy atom. The molecule has 0 aliphatic carbocycles. The molecule has 2 aromatic carbocycles. The highest BCUT2D eigenvalue weighted by molar-refractivity contribution is 5.72. The summed E-state index contributed by atoms with van der Waals surface area (Å²) in [4.78, 5) is 14.2. The van der Waals surface area contributed by atoms with Gasteiger partial charge in [0.1, 0.15) is 5.60 Å². The first kappa shape index (κ1) is 31.9. The van der Waals surface area contributed by atoms with Gasteiger partial charge in [0.25, 0.3) is 0 Å². The van der Waals surface area contributed by atoms with Crippen molar-refractivity contribution in [1.82, 2.24) is 4.90 Å². The van der Waals surface area contributed by atoms with Crippen LogP contribution < -0.4 is 0 Å². The number of nitrogens with zero attached hydrogens (tertiary/aromatic N) is 1. The summed E-state index contributed by atoms with van der Waals surface area (Å²) >= 11 is 0. The van der Waals surface area contributed by atoms with Crippen LogP contribution in [0, 0.1) is 0 Å². The number of carbonyl (C=O) groups excluding carboxylic acids is 1. The van der Waals surface area contributed by atoms with Gasteiger partial charge in [0.05, 0.1) is 48.6 Å². The monoisotopic (exact) mass is 577 g/mol. The van der Waals surface area contributed by atoms with Crippen molar-refractivity contribution in [3.63, 3.8) is 0 Å². The van der Waals surface area contributed by atoms with Crippen molar-refractivity contribution in [3.05, 3.63) is 70.8 Å². The number of carbonyl (C=O) groups is 1. The Kier molecular flexibility index (Phi) is 9.60. The largest absolute Gasteiger partial charge is 0.465 e. The lowest BCUT2D eigenvalue weighted by Crippen LogP contribution is -2.64. The second kappa shape index (κ2) is 12.1. The van der Waals surface area contributed by atoms with Crippen molar-refractivity contribution in [2.24, 2.45) is 0 Å². The number of hydrogen-bond donors (Lipinski definition) is 2. The molecule has 0 radical (unpaired) electrons. The summed E-state index contributed by atoms with van der Waals surface area (Å²) in [7, 11) is 0. The zero-order valence-electron chi connectivity index (χ0n) is 22.4. The fourth-order valence-electron chi connectivity index (χ4n) is 4.95. The van der Waals surface area contributed by atoms with Crippen LogP contribution in [0.15, 0.2) is 48.5 Å². The van der Waals surface area contributed by atoms with E-state index in [1.165, 1.54) is 13.8 Å². The van der Waals surface area contributed by atoms with E-state index in [0.29, 0.717) is 17.7 Å². The van der Waals surface area contributed by atoms with Crippen LogP contribution in [-0.2, 0) is 32.2 Å². The molecular formula is C28H33F6NO5. The number of ether oxygens (including phenoxy) is 2. The molecule has 0 aromatic heterocycles. The van der Waals surface area contributed by atoms with Crippen molar-refractivity contribution < 1.29 is 50.8 Å². The predicted molar refractivity (Wildman–Crippen MR) is 133 cm³/mol. The van der Waals surface area contributed by atoms with Gasteiger partial charge in [0.15, 0.2) is 0 Å². The third-order valence-corrected chi connectivity index (χ3v) is 7.41. The van der Waals surface area contributed by atoms with Crippen molar-refractivity contribution in [2.75, 3.05) is 26.3 Å². The van der Waals surface area contributed by atoms with Gasteiger partial charge in [-0.1, -0.05) is 30.3 Å². The molecule has 222 valence electrons. The Labute approximate surface area is 228 Å². The van der Waals surface area contributed by atoms with Gasteiger partial charge < -0.3 is 19.7 Å². The third kappa shape index (κ3) is 7.15. The summed E-state index contributed by atoms with van der Waals surface area (Å²) < 4.78 is 91.7. The van der Waals surface area contributed by atoms with Crippen LogP contribution in [0.25, 0.3) is 0 Å². The van der Waals surface area contributed by atoms with Gasteiger partial charge in [0.2, 0.25) is 0 Å². The Morgan fingerprint density at radius 3 is 2.08 bits per heavy atom. The molecule has 1 heterocycles. The van der Waals surface area contributed by atoms with E-state index in [-0.39, 0.29) is 50.8 Å². The lowest BCUT2D eigenvalue weighted by atomic mass is 9.74. The van der Waals surface area contributed by atoms with Crippen LogP contribution in [0.3, 0.4) is 0 Å². The van der Waals surface area contributed by atoms with E-state index < -0.39 is 52.8 Å². The van der Waals surface area contributed by atoms with Gasteiger partial charge in [-0.25, -0.2) is 0 Å². The van der Waals surface area contributed by atoms with Crippen LogP contribution >= 0.6 is 0 Å². The lowest BCUT2D eigenvalue weighted by molar-refractivity contribution is -0.172. The van der Waals surface area contributed by atoms with E-state index in [1.54, 1.807) is 42.2 Å². The molecule has 1 saturated heterocycles. The average molecular weight is 578 g/mol. The number of rotatable bonds is 9. The van der Waals surface area contributed by atoms with Gasteiger partial charge in [-0.2, -0.15) is 26.3 Å². The van der Waals surface area contributed by atoms with Crippen molar-refractivity contribution in [3.8, 4) is 0 Å². The second-order valence-electron chi connectivity index (χ2n) is 10.1. The summed E-state index contributed by atoms with van der Waals surface area (Å²) in [5, 5.41) is 21.4. The number of aliphatic hydroxyl groups is 2. The van der Waals surface area contributed by atoms with Crippen LogP contribution in [0.1, 0.15) is 62.0 Å². The van der Waals surface area contributed by atoms with Crippen LogP contribution in [0.4, 0.5) is 26.3 Å². The van der Waals surface area contributed by atoms with Crippen LogP contribution in [0.2, 0.25) is 0 Å². The number of hydrogen-bond acceptors (Lipinski definition) is 6. The molecular weight excluding hydrogens is 544 g/mol. The number of esters is 1. The van der Waals surface area contributed by atoms with E-state index in [0.717, 1.165) is 0 Å². The second-order valence-corrected chi connectivity index (χ2v) is 10.1. The number of halogens is 6. The number of β-amino-alcohol motifs (C(OH)–C–C–N with tert-alkyl or cyclic N) is 1. The van der Waals surface area contributed by atoms with E-state index in [2.05, 4.69) is 0 Å². The quantitative estimate of drug-likeness (QED) is 0.304. The zero-order valence-corrected chi connectivity index (χ0v) is 22.4. The number of benzene rings is 2. The van der Waals surface area contributed by atoms with Gasteiger partial charge >= 0.3 is 18.3 Å². The first-order valence-corrected chi connectivity index (χ1v) is 12.8. The lowest BCUT2D eigenvalue weighted by Gasteiger charge is -2.53. The SMILES string of the molecule is CCOC(=O)CN1CC(O)(C(C)O)CC[C@@]1(CO[C@H](C)c1cc(C(F)(F)F)cc(C(F)(F)F)c1)c1ccccc1. The Bertz CT molecular complexity index is 1120. The fraction of sp³-hybridized carbons (Fsp3) is 0.536. The fourth-order valence-corrected chi connectivity index (χ4v) is 4.95. The first-order chi connectivity index (χ1) is 18.5. The topological polar surface area (TPSA) is 79.2 Å². The number of alkyl halides is 6. The predicted octanol–water partition coefficient (Wildman–Crippen LogP) is 5.47. The highest BCUT2D eigenvalue weighted by Crippen LogP contribution is 2.44.